The molecule has 2 aromatic carbocycles. The molecule has 94 valence electrons. The molecular formula is C15H16FNS. The highest BCUT2D eigenvalue weighted by atomic mass is 32.2. The van der Waals surface area contributed by atoms with Gasteiger partial charge in [-0.1, -0.05) is 24.3 Å². The minimum atomic E-state index is -0.181. The summed E-state index contributed by atoms with van der Waals surface area (Å²) in [6.45, 7) is 0.880. The number of rotatable bonds is 5. The molecule has 0 radical (unpaired) electrons. The summed E-state index contributed by atoms with van der Waals surface area (Å²) in [5.74, 6) is 0.684. The van der Waals surface area contributed by atoms with Crippen LogP contribution in [-0.2, 0) is 12.3 Å². The minimum Gasteiger partial charge on any atom is -0.316 e. The average Bonchev–Trinajstić information content (AvgIpc) is 2.39. The van der Waals surface area contributed by atoms with E-state index < -0.39 is 0 Å². The van der Waals surface area contributed by atoms with Crippen molar-refractivity contribution >= 4 is 11.8 Å². The van der Waals surface area contributed by atoms with Gasteiger partial charge in [-0.3, -0.25) is 0 Å². The van der Waals surface area contributed by atoms with Crippen molar-refractivity contribution in [3.05, 3.63) is 65.5 Å². The molecule has 0 bridgehead atoms. The molecule has 0 fully saturated rings. The summed E-state index contributed by atoms with van der Waals surface area (Å²) in [5.41, 5.74) is 2.42. The Morgan fingerprint density at radius 2 is 1.83 bits per heavy atom. The molecule has 3 heteroatoms. The summed E-state index contributed by atoms with van der Waals surface area (Å²) in [6, 6.07) is 15.1. The first-order chi connectivity index (χ1) is 8.78. The van der Waals surface area contributed by atoms with Gasteiger partial charge in [0.05, 0.1) is 0 Å². The van der Waals surface area contributed by atoms with Crippen molar-refractivity contribution in [1.29, 1.82) is 0 Å². The Morgan fingerprint density at radius 3 is 2.56 bits per heavy atom. The molecule has 0 aromatic heterocycles. The van der Waals surface area contributed by atoms with Crippen LogP contribution in [0, 0.1) is 5.82 Å². The third kappa shape index (κ3) is 3.86. The Morgan fingerprint density at radius 1 is 1.06 bits per heavy atom. The normalized spacial score (nSPS) is 10.6. The van der Waals surface area contributed by atoms with Gasteiger partial charge in [0.1, 0.15) is 5.82 Å². The van der Waals surface area contributed by atoms with E-state index in [4.69, 9.17) is 0 Å². The van der Waals surface area contributed by atoms with Crippen LogP contribution in [0.5, 0.6) is 0 Å². The second-order valence-electron chi connectivity index (χ2n) is 4.09. The van der Waals surface area contributed by atoms with Gasteiger partial charge in [-0.25, -0.2) is 4.39 Å². The zero-order chi connectivity index (χ0) is 12.8. The Balaban J connectivity index is 1.97. The fourth-order valence-electron chi connectivity index (χ4n) is 1.70. The Hall–Kier alpha value is -1.32. The molecule has 0 spiro atoms. The van der Waals surface area contributed by atoms with Gasteiger partial charge in [0.25, 0.3) is 0 Å². The second-order valence-corrected chi connectivity index (χ2v) is 5.14. The number of benzene rings is 2. The van der Waals surface area contributed by atoms with Crippen molar-refractivity contribution in [2.45, 2.75) is 17.2 Å². The Kier molecular flexibility index (Phi) is 4.79. The molecule has 0 unspecified atom stereocenters. The second kappa shape index (κ2) is 6.57. The van der Waals surface area contributed by atoms with Gasteiger partial charge < -0.3 is 5.32 Å². The van der Waals surface area contributed by atoms with E-state index in [1.165, 1.54) is 22.6 Å². The summed E-state index contributed by atoms with van der Waals surface area (Å²) in [5, 5.41) is 3.14. The fourth-order valence-corrected chi connectivity index (χ4v) is 2.63. The van der Waals surface area contributed by atoms with Crippen LogP contribution in [0.15, 0.2) is 53.4 Å². The highest BCUT2D eigenvalue weighted by Crippen LogP contribution is 2.23. The van der Waals surface area contributed by atoms with E-state index in [9.17, 15) is 4.39 Å². The lowest BCUT2D eigenvalue weighted by Crippen LogP contribution is -2.04. The van der Waals surface area contributed by atoms with Crippen LogP contribution in [0.4, 0.5) is 4.39 Å². The SMILES string of the molecule is CNCc1cccc(SCc2ccc(F)cc2)c1. The highest BCUT2D eigenvalue weighted by Gasteiger charge is 1.98. The number of hydrogen-bond acceptors (Lipinski definition) is 2. The minimum absolute atomic E-state index is 0.181. The van der Waals surface area contributed by atoms with Gasteiger partial charge in [0.15, 0.2) is 0 Å². The van der Waals surface area contributed by atoms with E-state index in [1.54, 1.807) is 11.8 Å². The first kappa shape index (κ1) is 13.1. The zero-order valence-electron chi connectivity index (χ0n) is 10.3. The number of nitrogens with one attached hydrogen (secondary N) is 1. The summed E-state index contributed by atoms with van der Waals surface area (Å²) in [6.07, 6.45) is 0. The molecule has 0 aliphatic rings. The molecule has 0 atom stereocenters. The van der Waals surface area contributed by atoms with Crippen molar-refractivity contribution in [3.8, 4) is 0 Å². The maximum absolute atomic E-state index is 12.8. The predicted octanol–water partition coefficient (Wildman–Crippen LogP) is 3.84. The average molecular weight is 261 g/mol. The van der Waals surface area contributed by atoms with E-state index in [0.29, 0.717) is 0 Å². The third-order valence-electron chi connectivity index (χ3n) is 2.60. The number of hydrogen-bond donors (Lipinski definition) is 1. The standard InChI is InChI=1S/C15H16FNS/c1-17-10-13-3-2-4-15(9-13)18-11-12-5-7-14(16)8-6-12/h2-9,17H,10-11H2,1H3. The molecule has 0 heterocycles. The summed E-state index contributed by atoms with van der Waals surface area (Å²) >= 11 is 1.77. The first-order valence-corrected chi connectivity index (χ1v) is 6.87. The van der Waals surface area contributed by atoms with Crippen molar-refractivity contribution in [2.75, 3.05) is 7.05 Å². The topological polar surface area (TPSA) is 12.0 Å². The molecule has 18 heavy (non-hydrogen) atoms. The summed E-state index contributed by atoms with van der Waals surface area (Å²) in [4.78, 5) is 1.24. The predicted molar refractivity (Wildman–Crippen MR) is 75.2 cm³/mol. The van der Waals surface area contributed by atoms with Crippen LogP contribution in [0.25, 0.3) is 0 Å². The van der Waals surface area contributed by atoms with Crippen molar-refractivity contribution in [2.24, 2.45) is 0 Å². The van der Waals surface area contributed by atoms with Crippen LogP contribution in [0.2, 0.25) is 0 Å². The van der Waals surface area contributed by atoms with Gasteiger partial charge in [-0.2, -0.15) is 0 Å². The van der Waals surface area contributed by atoms with E-state index >= 15 is 0 Å². The smallest absolute Gasteiger partial charge is 0.123 e. The lowest BCUT2D eigenvalue weighted by Gasteiger charge is -2.05. The lowest BCUT2D eigenvalue weighted by atomic mass is 10.2. The molecule has 2 rings (SSSR count). The van der Waals surface area contributed by atoms with Crippen molar-refractivity contribution in [1.82, 2.24) is 5.32 Å². The fraction of sp³-hybridized carbons (Fsp3) is 0.200. The highest BCUT2D eigenvalue weighted by molar-refractivity contribution is 7.98. The third-order valence-corrected chi connectivity index (χ3v) is 3.66. The lowest BCUT2D eigenvalue weighted by molar-refractivity contribution is 0.627. The van der Waals surface area contributed by atoms with Gasteiger partial charge in [0, 0.05) is 17.2 Å². The molecule has 0 amide bonds. The van der Waals surface area contributed by atoms with Gasteiger partial charge in [-0.05, 0) is 42.4 Å². The molecule has 0 aliphatic heterocycles. The summed E-state index contributed by atoms with van der Waals surface area (Å²) in [7, 11) is 1.94. The van der Waals surface area contributed by atoms with Crippen LogP contribution in [-0.4, -0.2) is 7.05 Å². The van der Waals surface area contributed by atoms with Crippen LogP contribution in [0.3, 0.4) is 0 Å². The van der Waals surface area contributed by atoms with Gasteiger partial charge in [0.2, 0.25) is 0 Å². The molecular weight excluding hydrogens is 245 g/mol. The molecule has 0 aliphatic carbocycles. The maximum Gasteiger partial charge on any atom is 0.123 e. The molecule has 1 N–H and O–H groups in total. The van der Waals surface area contributed by atoms with E-state index in [-0.39, 0.29) is 5.82 Å². The monoisotopic (exact) mass is 261 g/mol. The maximum atomic E-state index is 12.8. The first-order valence-electron chi connectivity index (χ1n) is 5.89. The van der Waals surface area contributed by atoms with Crippen LogP contribution >= 0.6 is 11.8 Å². The van der Waals surface area contributed by atoms with E-state index in [0.717, 1.165) is 17.9 Å². The van der Waals surface area contributed by atoms with E-state index in [1.807, 2.05) is 19.2 Å². The van der Waals surface area contributed by atoms with Crippen LogP contribution in [0.1, 0.15) is 11.1 Å². The number of halogens is 1. The van der Waals surface area contributed by atoms with Crippen LogP contribution < -0.4 is 5.32 Å². The van der Waals surface area contributed by atoms with Crippen molar-refractivity contribution < 1.29 is 4.39 Å². The zero-order valence-corrected chi connectivity index (χ0v) is 11.1. The van der Waals surface area contributed by atoms with Gasteiger partial charge in [-0.15, -0.1) is 11.8 Å². The van der Waals surface area contributed by atoms with Crippen molar-refractivity contribution in [3.63, 3.8) is 0 Å². The quantitative estimate of drug-likeness (QED) is 0.821. The summed E-state index contributed by atoms with van der Waals surface area (Å²) < 4.78 is 12.8. The molecule has 1 nitrogen and oxygen atoms in total. The van der Waals surface area contributed by atoms with E-state index in [2.05, 4.69) is 29.6 Å². The number of thioether (sulfide) groups is 1. The molecule has 0 saturated heterocycles. The largest absolute Gasteiger partial charge is 0.316 e. The Bertz CT molecular complexity index is 496. The Labute approximate surface area is 111 Å². The molecule has 0 saturated carbocycles. The molecule has 2 aromatic rings. The van der Waals surface area contributed by atoms with Gasteiger partial charge >= 0.3 is 0 Å².